The molecule has 10 nitrogen and oxygen atoms in total. The van der Waals surface area contributed by atoms with Crippen LogP contribution in [0.25, 0.3) is 0 Å². The van der Waals surface area contributed by atoms with Gasteiger partial charge in [-0.05, 0) is 24.1 Å². The second kappa shape index (κ2) is 6.18. The molecule has 4 aliphatic rings. The summed E-state index contributed by atoms with van der Waals surface area (Å²) in [4.78, 5) is 21.9. The van der Waals surface area contributed by atoms with E-state index in [2.05, 4.69) is 15.3 Å². The van der Waals surface area contributed by atoms with Crippen LogP contribution in [0, 0.1) is 0 Å². The number of halogens is 1. The van der Waals surface area contributed by atoms with E-state index in [1.54, 1.807) is 23.2 Å². The van der Waals surface area contributed by atoms with Gasteiger partial charge in [-0.3, -0.25) is 4.79 Å². The minimum Gasteiger partial charge on any atom is -0.334 e. The molecule has 11 heteroatoms. The van der Waals surface area contributed by atoms with Crippen LogP contribution >= 0.6 is 0 Å². The molecular formula is C19H20FN9O. The fourth-order valence-electron chi connectivity index (χ4n) is 4.70. The van der Waals surface area contributed by atoms with Crippen LogP contribution in [0.1, 0.15) is 43.2 Å². The topological polar surface area (TPSA) is 76.3 Å². The minimum absolute atomic E-state index is 0.0391. The lowest BCUT2D eigenvalue weighted by Crippen LogP contribution is -2.51. The molecule has 30 heavy (non-hydrogen) atoms. The Kier molecular flexibility index (Phi) is 3.55. The van der Waals surface area contributed by atoms with Crippen molar-refractivity contribution in [3.05, 3.63) is 53.7 Å². The van der Waals surface area contributed by atoms with Crippen molar-refractivity contribution in [2.45, 2.75) is 32.0 Å². The molecular weight excluding hydrogens is 389 g/mol. The smallest absolute Gasteiger partial charge is 0.220 e. The van der Waals surface area contributed by atoms with Gasteiger partial charge in [0.15, 0.2) is 12.0 Å². The number of fused-ring (bicyclic) bond motifs is 6. The predicted octanol–water partition coefficient (Wildman–Crippen LogP) is 1.63. The van der Waals surface area contributed by atoms with Crippen LogP contribution in [0.5, 0.6) is 0 Å². The highest BCUT2D eigenvalue weighted by Crippen LogP contribution is 2.45. The molecule has 2 atom stereocenters. The molecule has 1 aromatic heterocycles. The number of hydrazine groups is 1. The molecule has 6 rings (SSSR count). The van der Waals surface area contributed by atoms with Gasteiger partial charge < -0.3 is 9.80 Å². The summed E-state index contributed by atoms with van der Waals surface area (Å²) in [6, 6.07) is 7.80. The number of benzene rings is 1. The highest BCUT2D eigenvalue weighted by Gasteiger charge is 2.44. The third-order valence-corrected chi connectivity index (χ3v) is 6.02. The second-order valence-electron chi connectivity index (χ2n) is 7.75. The van der Waals surface area contributed by atoms with Gasteiger partial charge in [0.25, 0.3) is 0 Å². The van der Waals surface area contributed by atoms with Gasteiger partial charge in [0.2, 0.25) is 5.91 Å². The van der Waals surface area contributed by atoms with E-state index in [0.717, 1.165) is 36.3 Å². The highest BCUT2D eigenvalue weighted by atomic mass is 19.2. The quantitative estimate of drug-likeness (QED) is 0.698. The molecule has 4 aliphatic heterocycles. The summed E-state index contributed by atoms with van der Waals surface area (Å²) in [5, 5.41) is 12.9. The van der Waals surface area contributed by atoms with Crippen LogP contribution in [0.4, 0.5) is 10.2 Å². The van der Waals surface area contributed by atoms with Gasteiger partial charge in [-0.15, -0.1) is 9.89 Å². The molecule has 154 valence electrons. The van der Waals surface area contributed by atoms with E-state index in [1.165, 1.54) is 6.20 Å². The zero-order chi connectivity index (χ0) is 20.4. The van der Waals surface area contributed by atoms with Gasteiger partial charge >= 0.3 is 0 Å². The highest BCUT2D eigenvalue weighted by molar-refractivity contribution is 5.75. The second-order valence-corrected chi connectivity index (χ2v) is 7.75. The summed E-state index contributed by atoms with van der Waals surface area (Å²) in [7, 11) is 0. The standard InChI is InChI=1S/C19H20FN9O/c1-13(30)25-8-4-7-17(25)15-9-27(23-22-15)28-11-21-19-14-5-2-3-6-16(14)26-12-24(20)10-18(26)29(19)28/h2-3,5-6,9-11,17,19H,4,7-8,12H2,1H3. The van der Waals surface area contributed by atoms with Crippen LogP contribution < -0.4 is 10.0 Å². The Balaban J connectivity index is 1.36. The lowest BCUT2D eigenvalue weighted by Gasteiger charge is -2.41. The molecule has 1 amide bonds. The maximum absolute atomic E-state index is 14.2. The van der Waals surface area contributed by atoms with Gasteiger partial charge in [-0.25, -0.2) is 10.0 Å². The first-order chi connectivity index (χ1) is 14.6. The molecule has 1 aromatic carbocycles. The van der Waals surface area contributed by atoms with E-state index in [4.69, 9.17) is 0 Å². The van der Waals surface area contributed by atoms with Crippen LogP contribution in [-0.4, -0.2) is 55.6 Å². The Morgan fingerprint density at radius 1 is 1.27 bits per heavy atom. The van der Waals surface area contributed by atoms with Crippen molar-refractivity contribution in [2.75, 3.05) is 23.2 Å². The summed E-state index contributed by atoms with van der Waals surface area (Å²) in [6.45, 7) is 2.42. The maximum atomic E-state index is 14.2. The molecule has 0 aliphatic carbocycles. The summed E-state index contributed by atoms with van der Waals surface area (Å²) >= 11 is 0. The third-order valence-electron chi connectivity index (χ3n) is 6.02. The van der Waals surface area contributed by atoms with Gasteiger partial charge in [-0.2, -0.15) is 10.2 Å². The van der Waals surface area contributed by atoms with Gasteiger partial charge in [0.1, 0.15) is 18.7 Å². The zero-order valence-corrected chi connectivity index (χ0v) is 16.3. The fraction of sp³-hybridized carbons (Fsp3) is 0.368. The van der Waals surface area contributed by atoms with Gasteiger partial charge in [0.05, 0.1) is 24.1 Å². The van der Waals surface area contributed by atoms with Gasteiger partial charge in [0, 0.05) is 19.0 Å². The lowest BCUT2D eigenvalue weighted by molar-refractivity contribution is -0.129. The average Bonchev–Trinajstić information content (AvgIpc) is 3.50. The molecule has 0 saturated carbocycles. The number of hydrogen-bond acceptors (Lipinski definition) is 8. The van der Waals surface area contributed by atoms with Crippen LogP contribution in [0.3, 0.4) is 0 Å². The third kappa shape index (κ3) is 2.34. The van der Waals surface area contributed by atoms with E-state index in [1.807, 2.05) is 45.3 Å². The first kappa shape index (κ1) is 17.2. The van der Waals surface area contributed by atoms with Gasteiger partial charge in [-0.1, -0.05) is 22.7 Å². The Morgan fingerprint density at radius 3 is 3.00 bits per heavy atom. The summed E-state index contributed by atoms with van der Waals surface area (Å²) in [5.41, 5.74) is 2.66. The van der Waals surface area contributed by atoms with Crippen molar-refractivity contribution in [3.63, 3.8) is 0 Å². The molecule has 5 heterocycles. The fourth-order valence-corrected chi connectivity index (χ4v) is 4.70. The largest absolute Gasteiger partial charge is 0.334 e. The number of rotatable bonds is 2. The molecule has 0 bridgehead atoms. The number of carbonyl (C=O) groups excluding carboxylic acids is 1. The molecule has 1 fully saturated rings. The average molecular weight is 409 g/mol. The number of aliphatic imine (C=N–C) groups is 1. The lowest BCUT2D eigenvalue weighted by atomic mass is 10.1. The van der Waals surface area contributed by atoms with Crippen LogP contribution in [0.2, 0.25) is 0 Å². The summed E-state index contributed by atoms with van der Waals surface area (Å²) in [6.07, 6.45) is 6.43. The number of anilines is 1. The minimum atomic E-state index is -0.317. The number of hydrogen-bond donors (Lipinski definition) is 0. The number of para-hydroxylation sites is 1. The number of nitrogens with zero attached hydrogens (tertiary/aromatic N) is 9. The van der Waals surface area contributed by atoms with E-state index in [9.17, 15) is 9.28 Å². The Labute approximate surface area is 171 Å². The predicted molar refractivity (Wildman–Crippen MR) is 105 cm³/mol. The SMILES string of the molecule is CC(=O)N1CCCC1c1cn(N2C=NC3c4ccccc4N4CN(F)C=C4N32)nn1. The molecule has 2 aromatic rings. The summed E-state index contributed by atoms with van der Waals surface area (Å²) < 4.78 is 14.2. The van der Waals surface area contributed by atoms with E-state index in [0.29, 0.717) is 10.9 Å². The molecule has 1 saturated heterocycles. The van der Waals surface area contributed by atoms with Crippen molar-refractivity contribution in [1.82, 2.24) is 30.1 Å². The summed E-state index contributed by atoms with van der Waals surface area (Å²) in [5.74, 6) is 0.708. The molecule has 0 radical (unpaired) electrons. The van der Waals surface area contributed by atoms with E-state index < -0.39 is 0 Å². The van der Waals surface area contributed by atoms with Crippen molar-refractivity contribution in [2.24, 2.45) is 4.99 Å². The first-order valence-corrected chi connectivity index (χ1v) is 9.94. The molecule has 0 spiro atoms. The molecule has 2 unspecified atom stereocenters. The van der Waals surface area contributed by atoms with Crippen LogP contribution in [0.15, 0.2) is 47.5 Å². The zero-order valence-electron chi connectivity index (χ0n) is 16.3. The monoisotopic (exact) mass is 409 g/mol. The number of carbonyl (C=O) groups is 1. The normalized spacial score (nSPS) is 24.3. The van der Waals surface area contributed by atoms with Crippen LogP contribution in [-0.2, 0) is 4.79 Å². The number of aromatic nitrogens is 3. The van der Waals surface area contributed by atoms with Crippen molar-refractivity contribution >= 4 is 17.9 Å². The Morgan fingerprint density at radius 2 is 2.13 bits per heavy atom. The van der Waals surface area contributed by atoms with Crippen molar-refractivity contribution in [1.29, 1.82) is 0 Å². The first-order valence-electron chi connectivity index (χ1n) is 9.94. The van der Waals surface area contributed by atoms with E-state index in [-0.39, 0.29) is 24.8 Å². The Bertz CT molecular complexity index is 1080. The Hall–Kier alpha value is -3.63. The van der Waals surface area contributed by atoms with E-state index >= 15 is 0 Å². The van der Waals surface area contributed by atoms with Crippen molar-refractivity contribution in [3.8, 4) is 0 Å². The molecule has 0 N–H and O–H groups in total. The van der Waals surface area contributed by atoms with Crippen molar-refractivity contribution < 1.29 is 9.28 Å². The maximum Gasteiger partial charge on any atom is 0.220 e. The number of likely N-dealkylation sites (tertiary alicyclic amines) is 1. The number of amides is 1.